The number of hydrogen-bond donors (Lipinski definition) is 1. The van der Waals surface area contributed by atoms with E-state index in [0.29, 0.717) is 12.3 Å². The van der Waals surface area contributed by atoms with Crippen molar-refractivity contribution < 1.29 is 8.42 Å². The minimum atomic E-state index is -2.82. The first-order chi connectivity index (χ1) is 8.09. The van der Waals surface area contributed by atoms with Gasteiger partial charge in [-0.05, 0) is 19.8 Å². The van der Waals surface area contributed by atoms with E-state index in [1.54, 1.807) is 0 Å². The Kier molecular flexibility index (Phi) is 3.83. The van der Waals surface area contributed by atoms with Gasteiger partial charge in [-0.2, -0.15) is 5.10 Å². The molecule has 17 heavy (non-hydrogen) atoms. The molecular formula is C11H19N3O2S. The Labute approximate surface area is 102 Å². The van der Waals surface area contributed by atoms with Crippen LogP contribution < -0.4 is 5.32 Å². The fraction of sp³-hybridized carbons (Fsp3) is 0.727. The summed E-state index contributed by atoms with van der Waals surface area (Å²) in [6.07, 6.45) is 5.54. The van der Waals surface area contributed by atoms with E-state index in [-0.39, 0.29) is 11.8 Å². The fourth-order valence-corrected chi connectivity index (χ4v) is 3.79. The van der Waals surface area contributed by atoms with Gasteiger partial charge in [0.25, 0.3) is 0 Å². The minimum Gasteiger partial charge on any atom is -0.309 e. The van der Waals surface area contributed by atoms with Crippen molar-refractivity contribution in [3.05, 3.63) is 18.0 Å². The first-order valence-corrected chi connectivity index (χ1v) is 7.86. The smallest absolute Gasteiger partial charge is 0.151 e. The van der Waals surface area contributed by atoms with Crippen LogP contribution in [0.1, 0.15) is 25.3 Å². The molecule has 0 amide bonds. The summed E-state index contributed by atoms with van der Waals surface area (Å²) >= 11 is 0. The Morgan fingerprint density at radius 3 is 3.06 bits per heavy atom. The number of aromatic nitrogens is 2. The molecule has 1 N–H and O–H groups in total. The number of nitrogens with zero attached hydrogens (tertiary/aromatic N) is 2. The van der Waals surface area contributed by atoms with Crippen molar-refractivity contribution in [3.8, 4) is 0 Å². The summed E-state index contributed by atoms with van der Waals surface area (Å²) in [5.41, 5.74) is 1.11. The SMILES string of the molecule is CCn1cc(CNC2CCCS(=O)(=O)C2)cn1. The Balaban J connectivity index is 1.85. The van der Waals surface area contributed by atoms with Gasteiger partial charge in [0.15, 0.2) is 9.84 Å². The summed E-state index contributed by atoms with van der Waals surface area (Å²) in [4.78, 5) is 0. The van der Waals surface area contributed by atoms with Gasteiger partial charge in [-0.25, -0.2) is 8.42 Å². The lowest BCUT2D eigenvalue weighted by molar-refractivity contribution is 0.480. The Hall–Kier alpha value is -0.880. The number of nitrogens with one attached hydrogen (secondary N) is 1. The van der Waals surface area contributed by atoms with Gasteiger partial charge in [0.1, 0.15) is 0 Å². The largest absolute Gasteiger partial charge is 0.309 e. The molecular weight excluding hydrogens is 238 g/mol. The van der Waals surface area contributed by atoms with E-state index in [0.717, 1.165) is 24.9 Å². The first kappa shape index (κ1) is 12.6. The van der Waals surface area contributed by atoms with Gasteiger partial charge in [0.05, 0.1) is 17.7 Å². The zero-order valence-corrected chi connectivity index (χ0v) is 10.9. The summed E-state index contributed by atoms with van der Waals surface area (Å²) in [6, 6.07) is 0.0960. The lowest BCUT2D eigenvalue weighted by Gasteiger charge is -2.22. The van der Waals surface area contributed by atoms with Crippen molar-refractivity contribution >= 4 is 9.84 Å². The highest BCUT2D eigenvalue weighted by atomic mass is 32.2. The molecule has 0 aliphatic carbocycles. The molecule has 0 spiro atoms. The highest BCUT2D eigenvalue weighted by Gasteiger charge is 2.24. The fourth-order valence-electron chi connectivity index (χ4n) is 2.12. The van der Waals surface area contributed by atoms with Crippen LogP contribution in [-0.2, 0) is 22.9 Å². The summed E-state index contributed by atoms with van der Waals surface area (Å²) < 4.78 is 24.8. The molecule has 1 saturated heterocycles. The molecule has 1 aromatic heterocycles. The third-order valence-electron chi connectivity index (χ3n) is 3.07. The lowest BCUT2D eigenvalue weighted by atomic mass is 10.2. The summed E-state index contributed by atoms with van der Waals surface area (Å²) in [5, 5.41) is 7.48. The second kappa shape index (κ2) is 5.18. The lowest BCUT2D eigenvalue weighted by Crippen LogP contribution is -2.39. The van der Waals surface area contributed by atoms with Crippen molar-refractivity contribution in [2.75, 3.05) is 11.5 Å². The predicted molar refractivity (Wildman–Crippen MR) is 66.4 cm³/mol. The van der Waals surface area contributed by atoms with E-state index in [9.17, 15) is 8.42 Å². The zero-order chi connectivity index (χ0) is 12.3. The van der Waals surface area contributed by atoms with Crippen molar-refractivity contribution in [1.29, 1.82) is 0 Å². The monoisotopic (exact) mass is 257 g/mol. The topological polar surface area (TPSA) is 64.0 Å². The molecule has 1 atom stereocenters. The second-order valence-corrected chi connectivity index (χ2v) is 6.77. The molecule has 2 heterocycles. The van der Waals surface area contributed by atoms with E-state index in [1.165, 1.54) is 0 Å². The average molecular weight is 257 g/mol. The maximum atomic E-state index is 11.5. The standard InChI is InChI=1S/C11H19N3O2S/c1-2-14-8-10(7-13-14)6-12-11-4-3-5-17(15,16)9-11/h7-8,11-12H,2-6,9H2,1H3. The van der Waals surface area contributed by atoms with E-state index >= 15 is 0 Å². The molecule has 96 valence electrons. The molecule has 1 aliphatic rings. The van der Waals surface area contributed by atoms with E-state index in [4.69, 9.17) is 0 Å². The third kappa shape index (κ3) is 3.54. The molecule has 1 unspecified atom stereocenters. The number of aryl methyl sites for hydroxylation is 1. The minimum absolute atomic E-state index is 0.0960. The predicted octanol–water partition coefficient (Wildman–Crippen LogP) is 0.570. The van der Waals surface area contributed by atoms with Crippen LogP contribution in [0.4, 0.5) is 0 Å². The molecule has 6 heteroatoms. The second-order valence-electron chi connectivity index (χ2n) is 4.54. The van der Waals surface area contributed by atoms with Crippen LogP contribution in [0, 0.1) is 0 Å². The zero-order valence-electron chi connectivity index (χ0n) is 10.1. The molecule has 0 saturated carbocycles. The van der Waals surface area contributed by atoms with E-state index in [1.807, 2.05) is 24.0 Å². The highest BCUT2D eigenvalue weighted by Crippen LogP contribution is 2.12. The van der Waals surface area contributed by atoms with Gasteiger partial charge >= 0.3 is 0 Å². The van der Waals surface area contributed by atoms with Crippen LogP contribution >= 0.6 is 0 Å². The van der Waals surface area contributed by atoms with Crippen LogP contribution in [0.15, 0.2) is 12.4 Å². The number of hydrogen-bond acceptors (Lipinski definition) is 4. The van der Waals surface area contributed by atoms with Crippen molar-refractivity contribution in [2.45, 2.75) is 38.9 Å². The molecule has 5 nitrogen and oxygen atoms in total. The van der Waals surface area contributed by atoms with Crippen molar-refractivity contribution in [1.82, 2.24) is 15.1 Å². The molecule has 0 aromatic carbocycles. The maximum Gasteiger partial charge on any atom is 0.151 e. The molecule has 2 rings (SSSR count). The van der Waals surface area contributed by atoms with Crippen LogP contribution in [0.3, 0.4) is 0 Å². The van der Waals surface area contributed by atoms with Crippen LogP contribution in [-0.4, -0.2) is 35.7 Å². The molecule has 1 fully saturated rings. The Bertz CT molecular complexity index is 467. The molecule has 1 aliphatic heterocycles. The van der Waals surface area contributed by atoms with Crippen LogP contribution in [0.25, 0.3) is 0 Å². The highest BCUT2D eigenvalue weighted by molar-refractivity contribution is 7.91. The summed E-state index contributed by atoms with van der Waals surface area (Å²) in [7, 11) is -2.82. The maximum absolute atomic E-state index is 11.5. The molecule has 1 aromatic rings. The first-order valence-electron chi connectivity index (χ1n) is 6.04. The number of rotatable bonds is 4. The Morgan fingerprint density at radius 1 is 1.59 bits per heavy atom. The normalized spacial score (nSPS) is 23.7. The van der Waals surface area contributed by atoms with Gasteiger partial charge < -0.3 is 5.32 Å². The van der Waals surface area contributed by atoms with Gasteiger partial charge in [0, 0.05) is 30.9 Å². The van der Waals surface area contributed by atoms with Crippen LogP contribution in [0.2, 0.25) is 0 Å². The Morgan fingerprint density at radius 2 is 2.41 bits per heavy atom. The third-order valence-corrected chi connectivity index (χ3v) is 4.89. The van der Waals surface area contributed by atoms with Gasteiger partial charge in [0.2, 0.25) is 0 Å². The quantitative estimate of drug-likeness (QED) is 0.856. The molecule has 0 radical (unpaired) electrons. The van der Waals surface area contributed by atoms with Gasteiger partial charge in [-0.3, -0.25) is 4.68 Å². The van der Waals surface area contributed by atoms with E-state index < -0.39 is 9.84 Å². The summed E-state index contributed by atoms with van der Waals surface area (Å²) in [5.74, 6) is 0.619. The van der Waals surface area contributed by atoms with Gasteiger partial charge in [-0.15, -0.1) is 0 Å². The molecule has 0 bridgehead atoms. The van der Waals surface area contributed by atoms with Crippen molar-refractivity contribution in [2.24, 2.45) is 0 Å². The van der Waals surface area contributed by atoms with Crippen molar-refractivity contribution in [3.63, 3.8) is 0 Å². The summed E-state index contributed by atoms with van der Waals surface area (Å²) in [6.45, 7) is 3.59. The van der Waals surface area contributed by atoms with Gasteiger partial charge in [-0.1, -0.05) is 0 Å². The number of sulfone groups is 1. The van der Waals surface area contributed by atoms with Crippen LogP contribution in [0.5, 0.6) is 0 Å². The average Bonchev–Trinajstić information content (AvgIpc) is 2.73. The van der Waals surface area contributed by atoms with E-state index in [2.05, 4.69) is 10.4 Å².